The summed E-state index contributed by atoms with van der Waals surface area (Å²) in [5, 5.41) is 5.15. The highest BCUT2D eigenvalue weighted by Gasteiger charge is 2.09. The molecule has 0 spiro atoms. The molecule has 0 saturated heterocycles. The first kappa shape index (κ1) is 9.09. The third-order valence-electron chi connectivity index (χ3n) is 2.82. The van der Waals surface area contributed by atoms with Crippen molar-refractivity contribution in [2.75, 3.05) is 18.1 Å². The number of hydrogen-bond donors (Lipinski definition) is 2. The quantitative estimate of drug-likeness (QED) is 0.609. The number of benzene rings is 2. The molecule has 0 atom stereocenters. The summed E-state index contributed by atoms with van der Waals surface area (Å²) in [5.41, 5.74) is 9.45. The van der Waals surface area contributed by atoms with Gasteiger partial charge in [-0.3, -0.25) is 0 Å². The fourth-order valence-electron chi connectivity index (χ4n) is 2.01. The summed E-state index contributed by atoms with van der Waals surface area (Å²) < 4.78 is 5.76. The largest absolute Gasteiger partial charge is 0.456 e. The van der Waals surface area contributed by atoms with Crippen LogP contribution in [0.2, 0.25) is 0 Å². The van der Waals surface area contributed by atoms with E-state index in [1.807, 2.05) is 43.4 Å². The Hall–Kier alpha value is -2.16. The summed E-state index contributed by atoms with van der Waals surface area (Å²) in [6, 6.07) is 11.8. The Morgan fingerprint density at radius 1 is 1.12 bits per heavy atom. The lowest BCUT2D eigenvalue weighted by Crippen LogP contribution is -1.86. The molecular formula is C13H12N2O. The first-order chi connectivity index (χ1) is 7.79. The van der Waals surface area contributed by atoms with Gasteiger partial charge in [0.15, 0.2) is 0 Å². The van der Waals surface area contributed by atoms with Gasteiger partial charge in [-0.2, -0.15) is 0 Å². The molecule has 0 aliphatic heterocycles. The maximum absolute atomic E-state index is 5.96. The van der Waals surface area contributed by atoms with E-state index in [-0.39, 0.29) is 0 Å². The second-order valence-corrected chi connectivity index (χ2v) is 3.78. The third-order valence-corrected chi connectivity index (χ3v) is 2.82. The van der Waals surface area contributed by atoms with Crippen LogP contribution >= 0.6 is 0 Å². The van der Waals surface area contributed by atoms with Gasteiger partial charge in [-0.25, -0.2) is 0 Å². The molecule has 3 heteroatoms. The highest BCUT2D eigenvalue weighted by molar-refractivity contribution is 6.11. The molecule has 3 aromatic rings. The van der Waals surface area contributed by atoms with Crippen LogP contribution in [-0.2, 0) is 0 Å². The second-order valence-electron chi connectivity index (χ2n) is 3.78. The molecule has 0 amide bonds. The van der Waals surface area contributed by atoms with Crippen LogP contribution < -0.4 is 11.1 Å². The van der Waals surface area contributed by atoms with Gasteiger partial charge in [0, 0.05) is 29.9 Å². The van der Waals surface area contributed by atoms with Gasteiger partial charge < -0.3 is 15.5 Å². The van der Waals surface area contributed by atoms with E-state index in [9.17, 15) is 0 Å². The van der Waals surface area contributed by atoms with Crippen molar-refractivity contribution in [2.24, 2.45) is 0 Å². The van der Waals surface area contributed by atoms with Crippen LogP contribution in [0.5, 0.6) is 0 Å². The molecule has 0 radical (unpaired) electrons. The molecule has 1 aromatic heterocycles. The van der Waals surface area contributed by atoms with E-state index >= 15 is 0 Å². The van der Waals surface area contributed by atoms with Crippen LogP contribution in [0.1, 0.15) is 0 Å². The van der Waals surface area contributed by atoms with Gasteiger partial charge in [-0.15, -0.1) is 0 Å². The average molecular weight is 212 g/mol. The van der Waals surface area contributed by atoms with Crippen molar-refractivity contribution in [3.8, 4) is 0 Å². The number of anilines is 2. The molecule has 3 nitrogen and oxygen atoms in total. The van der Waals surface area contributed by atoms with E-state index in [4.69, 9.17) is 10.2 Å². The van der Waals surface area contributed by atoms with E-state index in [0.29, 0.717) is 0 Å². The molecule has 0 fully saturated rings. The van der Waals surface area contributed by atoms with Crippen molar-refractivity contribution in [3.05, 3.63) is 36.4 Å². The van der Waals surface area contributed by atoms with Crippen LogP contribution in [0.15, 0.2) is 40.8 Å². The fourth-order valence-corrected chi connectivity index (χ4v) is 2.01. The summed E-state index contributed by atoms with van der Waals surface area (Å²) >= 11 is 0. The number of hydrogen-bond acceptors (Lipinski definition) is 3. The Bertz CT molecular complexity index is 670. The summed E-state index contributed by atoms with van der Waals surface area (Å²) in [4.78, 5) is 0. The second kappa shape index (κ2) is 3.17. The topological polar surface area (TPSA) is 51.2 Å². The SMILES string of the molecule is CNc1ccc2c(c1)oc1cccc(N)c12. The summed E-state index contributed by atoms with van der Waals surface area (Å²) in [6.45, 7) is 0. The lowest BCUT2D eigenvalue weighted by atomic mass is 10.1. The van der Waals surface area contributed by atoms with E-state index in [1.165, 1.54) is 0 Å². The minimum Gasteiger partial charge on any atom is -0.456 e. The highest BCUT2D eigenvalue weighted by Crippen LogP contribution is 2.33. The van der Waals surface area contributed by atoms with Gasteiger partial charge >= 0.3 is 0 Å². The molecule has 0 saturated carbocycles. The van der Waals surface area contributed by atoms with Crippen LogP contribution in [0.3, 0.4) is 0 Å². The van der Waals surface area contributed by atoms with Gasteiger partial charge in [0.2, 0.25) is 0 Å². The van der Waals surface area contributed by atoms with Crippen molar-refractivity contribution in [1.82, 2.24) is 0 Å². The minimum absolute atomic E-state index is 0.758. The minimum atomic E-state index is 0.758. The smallest absolute Gasteiger partial charge is 0.137 e. The summed E-state index contributed by atoms with van der Waals surface area (Å²) in [6.07, 6.45) is 0. The summed E-state index contributed by atoms with van der Waals surface area (Å²) in [5.74, 6) is 0. The van der Waals surface area contributed by atoms with E-state index in [1.54, 1.807) is 0 Å². The van der Waals surface area contributed by atoms with Crippen molar-refractivity contribution in [1.29, 1.82) is 0 Å². The zero-order valence-corrected chi connectivity index (χ0v) is 8.95. The molecule has 0 aliphatic carbocycles. The van der Waals surface area contributed by atoms with Gasteiger partial charge in [0.1, 0.15) is 11.2 Å². The Morgan fingerprint density at radius 3 is 2.81 bits per heavy atom. The predicted molar refractivity (Wildman–Crippen MR) is 67.7 cm³/mol. The number of furan rings is 1. The molecule has 0 unspecified atom stereocenters. The number of fused-ring (bicyclic) bond motifs is 3. The maximum Gasteiger partial charge on any atom is 0.137 e. The monoisotopic (exact) mass is 212 g/mol. The average Bonchev–Trinajstić information content (AvgIpc) is 2.67. The normalized spacial score (nSPS) is 11.1. The molecule has 0 aliphatic rings. The molecule has 1 heterocycles. The fraction of sp³-hybridized carbons (Fsp3) is 0.0769. The predicted octanol–water partition coefficient (Wildman–Crippen LogP) is 3.21. The van der Waals surface area contributed by atoms with Crippen LogP contribution in [0, 0.1) is 0 Å². The van der Waals surface area contributed by atoms with Gasteiger partial charge in [-0.05, 0) is 24.3 Å². The maximum atomic E-state index is 5.96. The zero-order valence-electron chi connectivity index (χ0n) is 8.95. The van der Waals surface area contributed by atoms with Gasteiger partial charge in [0.25, 0.3) is 0 Å². The van der Waals surface area contributed by atoms with E-state index in [2.05, 4.69) is 5.32 Å². The van der Waals surface area contributed by atoms with E-state index in [0.717, 1.165) is 33.3 Å². The zero-order chi connectivity index (χ0) is 11.1. The molecule has 80 valence electrons. The van der Waals surface area contributed by atoms with Gasteiger partial charge in [-0.1, -0.05) is 6.07 Å². The molecular weight excluding hydrogens is 200 g/mol. The Morgan fingerprint density at radius 2 is 2.00 bits per heavy atom. The lowest BCUT2D eigenvalue weighted by Gasteiger charge is -1.98. The van der Waals surface area contributed by atoms with Crippen molar-refractivity contribution in [3.63, 3.8) is 0 Å². The van der Waals surface area contributed by atoms with Gasteiger partial charge in [0.05, 0.1) is 5.39 Å². The molecule has 0 bridgehead atoms. The van der Waals surface area contributed by atoms with E-state index < -0.39 is 0 Å². The number of nitrogen functional groups attached to an aromatic ring is 1. The van der Waals surface area contributed by atoms with Crippen LogP contribution in [0.4, 0.5) is 11.4 Å². The standard InChI is InChI=1S/C13H12N2O/c1-15-8-5-6-9-12(7-8)16-11-4-2-3-10(14)13(9)11/h2-7,15H,14H2,1H3. The summed E-state index contributed by atoms with van der Waals surface area (Å²) in [7, 11) is 1.89. The van der Waals surface area contributed by atoms with Crippen LogP contribution in [0.25, 0.3) is 21.9 Å². The molecule has 2 aromatic carbocycles. The third kappa shape index (κ3) is 1.15. The molecule has 3 rings (SSSR count). The Balaban J connectivity index is 2.47. The molecule has 3 N–H and O–H groups in total. The number of nitrogens with two attached hydrogens (primary N) is 1. The highest BCUT2D eigenvalue weighted by atomic mass is 16.3. The number of nitrogens with one attached hydrogen (secondary N) is 1. The first-order valence-corrected chi connectivity index (χ1v) is 5.18. The first-order valence-electron chi connectivity index (χ1n) is 5.18. The van der Waals surface area contributed by atoms with Crippen molar-refractivity contribution < 1.29 is 4.42 Å². The van der Waals surface area contributed by atoms with Crippen LogP contribution in [-0.4, -0.2) is 7.05 Å². The molecule has 16 heavy (non-hydrogen) atoms. The Labute approximate surface area is 92.8 Å². The lowest BCUT2D eigenvalue weighted by molar-refractivity contribution is 0.669. The van der Waals surface area contributed by atoms with Crippen molar-refractivity contribution >= 4 is 33.3 Å². The number of rotatable bonds is 1. The van der Waals surface area contributed by atoms with Crippen molar-refractivity contribution in [2.45, 2.75) is 0 Å². The Kier molecular flexibility index (Phi) is 1.80.